The van der Waals surface area contributed by atoms with Gasteiger partial charge < -0.3 is 9.15 Å². The summed E-state index contributed by atoms with van der Waals surface area (Å²) in [4.78, 5) is 12.8. The number of aryl methyl sites for hydroxylation is 2. The fourth-order valence-electron chi connectivity index (χ4n) is 2.61. The second-order valence-corrected chi connectivity index (χ2v) is 7.31. The monoisotopic (exact) mass is 368 g/mol. The third kappa shape index (κ3) is 3.80. The number of aromatic nitrogens is 2. The number of methoxy groups -OCH3 is 1. The predicted octanol–water partition coefficient (Wildman–Crippen LogP) is 4.73. The maximum atomic E-state index is 12.8. The Balaban J connectivity index is 1.78. The zero-order chi connectivity index (χ0) is 18.7. The molecule has 3 rings (SSSR count). The normalized spacial score (nSPS) is 12.0. The standard InChI is InChI=1S/C20H20N2O3S/c1-12-9-10-13(2)16(11-12)18(23)14(3)26-20-22-21-19(25-20)15-7-5-6-8-17(15)24-4/h5-11,14H,1-4H3. The minimum Gasteiger partial charge on any atom is -0.496 e. The summed E-state index contributed by atoms with van der Waals surface area (Å²) in [6, 6.07) is 13.3. The van der Waals surface area contributed by atoms with Crippen LogP contribution in [0.3, 0.4) is 0 Å². The van der Waals surface area contributed by atoms with Gasteiger partial charge in [-0.1, -0.05) is 41.6 Å². The molecule has 1 unspecified atom stereocenters. The van der Waals surface area contributed by atoms with E-state index < -0.39 is 0 Å². The zero-order valence-electron chi connectivity index (χ0n) is 15.1. The summed E-state index contributed by atoms with van der Waals surface area (Å²) in [6.07, 6.45) is 0. The first-order valence-corrected chi connectivity index (χ1v) is 9.12. The summed E-state index contributed by atoms with van der Waals surface area (Å²) >= 11 is 1.26. The van der Waals surface area contributed by atoms with E-state index >= 15 is 0 Å². The number of hydrogen-bond acceptors (Lipinski definition) is 6. The molecule has 0 saturated heterocycles. The van der Waals surface area contributed by atoms with Gasteiger partial charge in [-0.15, -0.1) is 10.2 Å². The minimum absolute atomic E-state index is 0.0493. The van der Waals surface area contributed by atoms with E-state index in [1.165, 1.54) is 11.8 Å². The van der Waals surface area contributed by atoms with Gasteiger partial charge in [0.05, 0.1) is 17.9 Å². The number of para-hydroxylation sites is 1. The van der Waals surface area contributed by atoms with Crippen LogP contribution in [0.5, 0.6) is 5.75 Å². The van der Waals surface area contributed by atoms with Crippen molar-refractivity contribution in [3.8, 4) is 17.2 Å². The first kappa shape index (κ1) is 18.2. The van der Waals surface area contributed by atoms with Gasteiger partial charge in [-0.25, -0.2) is 0 Å². The molecule has 0 aliphatic carbocycles. The number of carbonyl (C=O) groups is 1. The van der Waals surface area contributed by atoms with E-state index in [1.54, 1.807) is 7.11 Å². The molecule has 26 heavy (non-hydrogen) atoms. The van der Waals surface area contributed by atoms with Crippen LogP contribution in [0.4, 0.5) is 0 Å². The Morgan fingerprint density at radius 3 is 2.69 bits per heavy atom. The van der Waals surface area contributed by atoms with E-state index in [0.29, 0.717) is 16.9 Å². The highest BCUT2D eigenvalue weighted by Gasteiger charge is 2.22. The van der Waals surface area contributed by atoms with Crippen molar-refractivity contribution in [2.45, 2.75) is 31.2 Å². The molecule has 0 bridgehead atoms. The highest BCUT2D eigenvalue weighted by Crippen LogP contribution is 2.32. The number of hydrogen-bond donors (Lipinski definition) is 0. The van der Waals surface area contributed by atoms with Crippen LogP contribution in [0.1, 0.15) is 28.4 Å². The first-order valence-electron chi connectivity index (χ1n) is 8.24. The van der Waals surface area contributed by atoms with Gasteiger partial charge in [-0.05, 0) is 44.5 Å². The Bertz CT molecular complexity index is 936. The first-order chi connectivity index (χ1) is 12.5. The van der Waals surface area contributed by atoms with Crippen molar-refractivity contribution >= 4 is 17.5 Å². The molecule has 3 aromatic rings. The SMILES string of the molecule is COc1ccccc1-c1nnc(SC(C)C(=O)c2cc(C)ccc2C)o1. The molecule has 0 spiro atoms. The average Bonchev–Trinajstić information content (AvgIpc) is 3.11. The summed E-state index contributed by atoms with van der Waals surface area (Å²) in [7, 11) is 1.59. The lowest BCUT2D eigenvalue weighted by Gasteiger charge is -2.10. The molecule has 0 aliphatic rings. The molecule has 6 heteroatoms. The number of ether oxygens (including phenoxy) is 1. The average molecular weight is 368 g/mol. The van der Waals surface area contributed by atoms with Gasteiger partial charge in [0.1, 0.15) is 5.75 Å². The van der Waals surface area contributed by atoms with Gasteiger partial charge in [0.2, 0.25) is 0 Å². The van der Waals surface area contributed by atoms with E-state index in [4.69, 9.17) is 9.15 Å². The maximum absolute atomic E-state index is 12.8. The van der Waals surface area contributed by atoms with Crippen molar-refractivity contribution in [1.29, 1.82) is 0 Å². The number of Topliss-reactive ketones (excluding diaryl/α,β-unsaturated/α-hetero) is 1. The lowest BCUT2D eigenvalue weighted by atomic mass is 10.0. The van der Waals surface area contributed by atoms with Crippen LogP contribution in [0.2, 0.25) is 0 Å². The molecule has 1 heterocycles. The summed E-state index contributed by atoms with van der Waals surface area (Å²) in [5.74, 6) is 1.08. The van der Waals surface area contributed by atoms with Gasteiger partial charge in [-0.2, -0.15) is 0 Å². The number of carbonyl (C=O) groups excluding carboxylic acids is 1. The molecule has 134 valence electrons. The molecule has 1 aromatic heterocycles. The van der Waals surface area contributed by atoms with Crippen molar-refractivity contribution in [2.24, 2.45) is 0 Å². The summed E-state index contributed by atoms with van der Waals surface area (Å²) in [6.45, 7) is 5.77. The molecular formula is C20H20N2O3S. The Hall–Kier alpha value is -2.60. The highest BCUT2D eigenvalue weighted by atomic mass is 32.2. The number of ketones is 1. The van der Waals surface area contributed by atoms with E-state index in [2.05, 4.69) is 10.2 Å². The topological polar surface area (TPSA) is 65.2 Å². The van der Waals surface area contributed by atoms with Crippen molar-refractivity contribution < 1.29 is 13.9 Å². The lowest BCUT2D eigenvalue weighted by molar-refractivity contribution is 0.0993. The van der Waals surface area contributed by atoms with Crippen LogP contribution < -0.4 is 4.74 Å². The number of rotatable bonds is 6. The third-order valence-corrected chi connectivity index (χ3v) is 4.98. The fourth-order valence-corrected chi connectivity index (χ4v) is 3.36. The predicted molar refractivity (Wildman–Crippen MR) is 102 cm³/mol. The van der Waals surface area contributed by atoms with E-state index in [-0.39, 0.29) is 11.0 Å². The Morgan fingerprint density at radius 2 is 1.92 bits per heavy atom. The number of benzene rings is 2. The quantitative estimate of drug-likeness (QED) is 0.463. The van der Waals surface area contributed by atoms with Gasteiger partial charge in [0.25, 0.3) is 11.1 Å². The van der Waals surface area contributed by atoms with Crippen LogP contribution >= 0.6 is 11.8 Å². The van der Waals surface area contributed by atoms with Crippen molar-refractivity contribution in [3.63, 3.8) is 0 Å². The van der Waals surface area contributed by atoms with Gasteiger partial charge in [0, 0.05) is 5.56 Å². The number of nitrogens with zero attached hydrogens (tertiary/aromatic N) is 2. The van der Waals surface area contributed by atoms with Crippen molar-refractivity contribution in [2.75, 3.05) is 7.11 Å². The molecule has 2 aromatic carbocycles. The molecule has 1 atom stereocenters. The second kappa shape index (κ2) is 7.74. The van der Waals surface area contributed by atoms with Gasteiger partial charge >= 0.3 is 0 Å². The molecule has 0 N–H and O–H groups in total. The summed E-state index contributed by atoms with van der Waals surface area (Å²) < 4.78 is 11.1. The zero-order valence-corrected chi connectivity index (χ0v) is 16.0. The van der Waals surface area contributed by atoms with Gasteiger partial charge in [0.15, 0.2) is 5.78 Å². The second-order valence-electron chi connectivity index (χ2n) is 6.02. The van der Waals surface area contributed by atoms with E-state index in [1.807, 2.05) is 63.2 Å². The van der Waals surface area contributed by atoms with Gasteiger partial charge in [-0.3, -0.25) is 4.79 Å². The Kier molecular flexibility index (Phi) is 5.42. The highest BCUT2D eigenvalue weighted by molar-refractivity contribution is 8.00. The van der Waals surface area contributed by atoms with Crippen molar-refractivity contribution in [1.82, 2.24) is 10.2 Å². The fraction of sp³-hybridized carbons (Fsp3) is 0.250. The molecule has 0 saturated carbocycles. The largest absolute Gasteiger partial charge is 0.496 e. The lowest BCUT2D eigenvalue weighted by Crippen LogP contribution is -2.15. The molecule has 0 radical (unpaired) electrons. The van der Waals surface area contributed by atoms with Crippen molar-refractivity contribution in [3.05, 3.63) is 59.2 Å². The summed E-state index contributed by atoms with van der Waals surface area (Å²) in [5.41, 5.74) is 3.48. The van der Waals surface area contributed by atoms with Crippen LogP contribution in [0, 0.1) is 13.8 Å². The van der Waals surface area contributed by atoms with Crippen LogP contribution in [-0.2, 0) is 0 Å². The van der Waals surface area contributed by atoms with Crippen LogP contribution in [0.25, 0.3) is 11.5 Å². The molecule has 5 nitrogen and oxygen atoms in total. The maximum Gasteiger partial charge on any atom is 0.277 e. The van der Waals surface area contributed by atoms with E-state index in [9.17, 15) is 4.79 Å². The molecule has 0 amide bonds. The molecular weight excluding hydrogens is 348 g/mol. The van der Waals surface area contributed by atoms with Crippen LogP contribution in [-0.4, -0.2) is 28.3 Å². The Labute approximate surface area is 156 Å². The smallest absolute Gasteiger partial charge is 0.277 e. The minimum atomic E-state index is -0.332. The van der Waals surface area contributed by atoms with Crippen LogP contribution in [0.15, 0.2) is 52.1 Å². The molecule has 0 aliphatic heterocycles. The Morgan fingerprint density at radius 1 is 1.15 bits per heavy atom. The number of thioether (sulfide) groups is 1. The van der Waals surface area contributed by atoms with E-state index in [0.717, 1.165) is 22.3 Å². The summed E-state index contributed by atoms with van der Waals surface area (Å²) in [5, 5.41) is 8.17. The molecule has 0 fully saturated rings. The third-order valence-electron chi connectivity index (χ3n) is 4.05.